The van der Waals surface area contributed by atoms with Crippen LogP contribution in [0.3, 0.4) is 0 Å². The number of methoxy groups -OCH3 is 1. The molecule has 1 heterocycles. The van der Waals surface area contributed by atoms with Crippen LogP contribution in [0.2, 0.25) is 0 Å². The Hall–Kier alpha value is -2.38. The predicted octanol–water partition coefficient (Wildman–Crippen LogP) is 4.05. The molecule has 0 fully saturated rings. The van der Waals surface area contributed by atoms with Gasteiger partial charge in [0.05, 0.1) is 17.3 Å². The molecule has 1 amide bonds. The molecule has 0 aliphatic heterocycles. The van der Waals surface area contributed by atoms with Gasteiger partial charge in [0.2, 0.25) is 5.91 Å². The number of amides is 1. The van der Waals surface area contributed by atoms with Crippen LogP contribution in [0.1, 0.15) is 18.9 Å². The van der Waals surface area contributed by atoms with Gasteiger partial charge < -0.3 is 9.30 Å². The zero-order valence-electron chi connectivity index (χ0n) is 15.9. The van der Waals surface area contributed by atoms with E-state index in [1.54, 1.807) is 16.3 Å². The molecule has 3 aromatic rings. The van der Waals surface area contributed by atoms with Gasteiger partial charge in [-0.05, 0) is 36.2 Å². The molecule has 0 unspecified atom stereocenters. The maximum Gasteiger partial charge on any atom is 0.325 e. The molecule has 0 saturated heterocycles. The van der Waals surface area contributed by atoms with Crippen LogP contribution in [0.25, 0.3) is 10.2 Å². The highest BCUT2D eigenvalue weighted by Gasteiger charge is 2.12. The first-order chi connectivity index (χ1) is 13.6. The lowest BCUT2D eigenvalue weighted by Crippen LogP contribution is -2.22. The summed E-state index contributed by atoms with van der Waals surface area (Å²) in [4.78, 5) is 30.2. The fraction of sp³-hybridized carbons (Fsp3) is 0.286. The number of fused-ring (bicyclic) bond motifs is 1. The lowest BCUT2D eigenvalue weighted by atomic mass is 10.2. The molecule has 28 heavy (non-hydrogen) atoms. The summed E-state index contributed by atoms with van der Waals surface area (Å²) in [6.07, 6.45) is 1.26. The van der Waals surface area contributed by atoms with Crippen molar-refractivity contribution < 1.29 is 14.3 Å². The lowest BCUT2D eigenvalue weighted by Gasteiger charge is -2.04. The summed E-state index contributed by atoms with van der Waals surface area (Å²) >= 11 is 3.05. The predicted molar refractivity (Wildman–Crippen MR) is 114 cm³/mol. The zero-order valence-corrected chi connectivity index (χ0v) is 17.5. The van der Waals surface area contributed by atoms with E-state index in [9.17, 15) is 9.59 Å². The van der Waals surface area contributed by atoms with Crippen molar-refractivity contribution in [2.24, 2.45) is 4.99 Å². The third-order valence-electron chi connectivity index (χ3n) is 4.22. The topological polar surface area (TPSA) is 60.7 Å². The van der Waals surface area contributed by atoms with E-state index in [0.717, 1.165) is 21.5 Å². The molecule has 0 radical (unpaired) electrons. The summed E-state index contributed by atoms with van der Waals surface area (Å²) in [5.41, 5.74) is 2.09. The van der Waals surface area contributed by atoms with Crippen molar-refractivity contribution in [3.8, 4) is 0 Å². The van der Waals surface area contributed by atoms with Gasteiger partial charge in [0.1, 0.15) is 6.54 Å². The van der Waals surface area contributed by atoms with Gasteiger partial charge in [-0.2, -0.15) is 4.99 Å². The van der Waals surface area contributed by atoms with Crippen LogP contribution in [0.15, 0.2) is 58.4 Å². The quantitative estimate of drug-likeness (QED) is 0.432. The van der Waals surface area contributed by atoms with Gasteiger partial charge in [0.15, 0.2) is 4.80 Å². The molecule has 0 atom stereocenters. The number of thiazole rings is 1. The number of hydrogen-bond donors (Lipinski definition) is 0. The number of aryl methyl sites for hydroxylation is 1. The van der Waals surface area contributed by atoms with Crippen molar-refractivity contribution >= 4 is 45.2 Å². The lowest BCUT2D eigenvalue weighted by molar-refractivity contribution is -0.141. The SMILES string of the molecule is CCc1ccc2c(c1)sc(=NC(=O)CCSc1ccccc1)n2CC(=O)OC. The summed E-state index contributed by atoms with van der Waals surface area (Å²) in [5, 5.41) is 0. The first kappa shape index (κ1) is 20.4. The number of ether oxygens (including phenoxy) is 1. The van der Waals surface area contributed by atoms with Gasteiger partial charge in [0, 0.05) is 17.1 Å². The van der Waals surface area contributed by atoms with Crippen LogP contribution in [0.4, 0.5) is 0 Å². The number of nitrogens with zero attached hydrogens (tertiary/aromatic N) is 2. The number of benzene rings is 2. The van der Waals surface area contributed by atoms with Crippen molar-refractivity contribution in [1.82, 2.24) is 4.57 Å². The van der Waals surface area contributed by atoms with E-state index in [2.05, 4.69) is 18.0 Å². The fourth-order valence-electron chi connectivity index (χ4n) is 2.70. The highest BCUT2D eigenvalue weighted by molar-refractivity contribution is 7.99. The Balaban J connectivity index is 1.83. The van der Waals surface area contributed by atoms with E-state index in [1.165, 1.54) is 24.0 Å². The third kappa shape index (κ3) is 5.11. The number of carbonyl (C=O) groups is 2. The van der Waals surface area contributed by atoms with E-state index < -0.39 is 0 Å². The highest BCUT2D eigenvalue weighted by atomic mass is 32.2. The molecule has 2 aromatic carbocycles. The molecule has 3 rings (SSSR count). The Kier molecular flexibility index (Phi) is 7.06. The Labute approximate surface area is 172 Å². The molecule has 0 N–H and O–H groups in total. The summed E-state index contributed by atoms with van der Waals surface area (Å²) < 4.78 is 7.57. The molecule has 0 bridgehead atoms. The average Bonchev–Trinajstić information content (AvgIpc) is 3.04. The minimum absolute atomic E-state index is 0.0346. The second-order valence-corrected chi connectivity index (χ2v) is 8.30. The maximum atomic E-state index is 12.4. The fourth-order valence-corrected chi connectivity index (χ4v) is 4.68. The van der Waals surface area contributed by atoms with Gasteiger partial charge in [-0.25, -0.2) is 0 Å². The molecule has 7 heteroatoms. The monoisotopic (exact) mass is 414 g/mol. The van der Waals surface area contributed by atoms with E-state index in [4.69, 9.17) is 4.74 Å². The molecule has 0 saturated carbocycles. The highest BCUT2D eigenvalue weighted by Crippen LogP contribution is 2.20. The summed E-state index contributed by atoms with van der Waals surface area (Å²) in [5.74, 6) is 0.103. The molecule has 0 spiro atoms. The first-order valence-corrected chi connectivity index (χ1v) is 10.9. The van der Waals surface area contributed by atoms with Gasteiger partial charge in [-0.1, -0.05) is 42.5 Å². The number of thioether (sulfide) groups is 1. The number of carbonyl (C=O) groups excluding carboxylic acids is 2. The van der Waals surface area contributed by atoms with Crippen molar-refractivity contribution in [1.29, 1.82) is 0 Å². The Morgan fingerprint density at radius 1 is 1.18 bits per heavy atom. The van der Waals surface area contributed by atoms with Gasteiger partial charge >= 0.3 is 5.97 Å². The Bertz CT molecular complexity index is 1040. The maximum absolute atomic E-state index is 12.4. The number of aromatic nitrogens is 1. The second-order valence-electron chi connectivity index (χ2n) is 6.12. The normalized spacial score (nSPS) is 11.7. The number of hydrogen-bond acceptors (Lipinski definition) is 5. The Morgan fingerprint density at radius 2 is 1.96 bits per heavy atom. The molecule has 0 aliphatic rings. The molecule has 0 aliphatic carbocycles. The largest absolute Gasteiger partial charge is 0.468 e. The zero-order chi connectivity index (χ0) is 19.9. The van der Waals surface area contributed by atoms with E-state index in [0.29, 0.717) is 17.0 Å². The average molecular weight is 415 g/mol. The minimum Gasteiger partial charge on any atom is -0.468 e. The van der Waals surface area contributed by atoms with Crippen molar-refractivity contribution in [3.63, 3.8) is 0 Å². The standard InChI is InChI=1S/C21H22N2O3S2/c1-3-15-9-10-17-18(13-15)28-21(23(17)14-20(25)26-2)22-19(24)11-12-27-16-7-5-4-6-8-16/h4-10,13H,3,11-12,14H2,1-2H3. The molecule has 1 aromatic heterocycles. The van der Waals surface area contributed by atoms with E-state index in [-0.39, 0.29) is 18.4 Å². The van der Waals surface area contributed by atoms with Gasteiger partial charge in [-0.3, -0.25) is 9.59 Å². The van der Waals surface area contributed by atoms with Crippen LogP contribution < -0.4 is 4.80 Å². The van der Waals surface area contributed by atoms with Crippen molar-refractivity contribution in [3.05, 3.63) is 58.9 Å². The van der Waals surface area contributed by atoms with Gasteiger partial charge in [-0.15, -0.1) is 11.8 Å². The van der Waals surface area contributed by atoms with Crippen molar-refractivity contribution in [2.75, 3.05) is 12.9 Å². The summed E-state index contributed by atoms with van der Waals surface area (Å²) in [6, 6.07) is 16.1. The molecule has 146 valence electrons. The summed E-state index contributed by atoms with van der Waals surface area (Å²) in [6.45, 7) is 2.13. The number of rotatable bonds is 7. The van der Waals surface area contributed by atoms with Crippen LogP contribution >= 0.6 is 23.1 Å². The summed E-state index contributed by atoms with van der Waals surface area (Å²) in [7, 11) is 1.36. The first-order valence-electron chi connectivity index (χ1n) is 9.05. The third-order valence-corrected chi connectivity index (χ3v) is 6.27. The molecular formula is C21H22N2O3S2. The molecule has 5 nitrogen and oxygen atoms in total. The van der Waals surface area contributed by atoms with Crippen LogP contribution in [-0.4, -0.2) is 29.3 Å². The second kappa shape index (κ2) is 9.71. The molecular weight excluding hydrogens is 392 g/mol. The van der Waals surface area contributed by atoms with Crippen LogP contribution in [0.5, 0.6) is 0 Å². The van der Waals surface area contributed by atoms with E-state index in [1.807, 2.05) is 42.5 Å². The Morgan fingerprint density at radius 3 is 2.68 bits per heavy atom. The smallest absolute Gasteiger partial charge is 0.325 e. The minimum atomic E-state index is -0.368. The van der Waals surface area contributed by atoms with Crippen molar-refractivity contribution in [2.45, 2.75) is 31.2 Å². The van der Waals surface area contributed by atoms with Crippen LogP contribution in [0, 0.1) is 0 Å². The van der Waals surface area contributed by atoms with E-state index >= 15 is 0 Å². The van der Waals surface area contributed by atoms with Crippen LogP contribution in [-0.2, 0) is 27.3 Å². The number of esters is 1. The van der Waals surface area contributed by atoms with Gasteiger partial charge in [0.25, 0.3) is 0 Å².